The molecule has 0 aliphatic heterocycles. The van der Waals surface area contributed by atoms with E-state index < -0.39 is 0 Å². The topological polar surface area (TPSA) is 44.9 Å². The molecule has 0 amide bonds. The van der Waals surface area contributed by atoms with Crippen molar-refractivity contribution < 1.29 is 4.79 Å². The number of H-pyrrole nitrogens is 1. The molecule has 0 spiro atoms. The molecule has 0 radical (unpaired) electrons. The number of carbonyl (C=O) groups is 1. The van der Waals surface area contributed by atoms with Gasteiger partial charge in [-0.2, -0.15) is 0 Å². The van der Waals surface area contributed by atoms with Crippen LogP contribution in [0.5, 0.6) is 0 Å². The molecular formula is C17H18N2O. The lowest BCUT2D eigenvalue weighted by Gasteiger charge is -2.05. The van der Waals surface area contributed by atoms with Crippen molar-refractivity contribution in [2.45, 2.75) is 13.8 Å². The minimum Gasteiger partial charge on any atom is -0.353 e. The summed E-state index contributed by atoms with van der Waals surface area (Å²) >= 11 is 0. The molecule has 0 aliphatic rings. The third-order valence-electron chi connectivity index (χ3n) is 2.90. The lowest BCUT2D eigenvalue weighted by Crippen LogP contribution is -1.92. The van der Waals surface area contributed by atoms with Crippen LogP contribution in [0.15, 0.2) is 54.6 Å². The molecule has 3 rings (SSSR count). The van der Waals surface area contributed by atoms with Gasteiger partial charge in [-0.05, 0) is 18.2 Å². The lowest BCUT2D eigenvalue weighted by molar-refractivity contribution is 0.112. The van der Waals surface area contributed by atoms with Gasteiger partial charge in [-0.25, -0.2) is 0 Å². The Balaban J connectivity index is 0.000000704. The zero-order chi connectivity index (χ0) is 14.4. The van der Waals surface area contributed by atoms with E-state index in [1.165, 1.54) is 0 Å². The molecule has 0 saturated carbocycles. The van der Waals surface area contributed by atoms with Crippen molar-refractivity contribution >= 4 is 28.6 Å². The van der Waals surface area contributed by atoms with Crippen molar-refractivity contribution in [3.8, 4) is 0 Å². The number of fused-ring (bicyclic) bond motifs is 1. The van der Waals surface area contributed by atoms with Crippen LogP contribution in [-0.2, 0) is 0 Å². The highest BCUT2D eigenvalue weighted by atomic mass is 16.1. The van der Waals surface area contributed by atoms with Crippen LogP contribution in [0, 0.1) is 0 Å². The van der Waals surface area contributed by atoms with Gasteiger partial charge in [0.25, 0.3) is 0 Å². The molecule has 20 heavy (non-hydrogen) atoms. The van der Waals surface area contributed by atoms with Gasteiger partial charge in [0.1, 0.15) is 5.69 Å². The van der Waals surface area contributed by atoms with E-state index in [1.54, 1.807) is 0 Å². The average Bonchev–Trinajstić information content (AvgIpc) is 2.88. The summed E-state index contributed by atoms with van der Waals surface area (Å²) in [5.41, 5.74) is 3.32. The largest absolute Gasteiger partial charge is 0.353 e. The molecule has 1 aromatic heterocycles. The van der Waals surface area contributed by atoms with Crippen molar-refractivity contribution in [3.05, 3.63) is 60.3 Å². The number of para-hydroxylation sites is 2. The van der Waals surface area contributed by atoms with E-state index in [9.17, 15) is 4.79 Å². The molecule has 0 unspecified atom stereocenters. The average molecular weight is 266 g/mol. The number of nitrogens with one attached hydrogen (secondary N) is 2. The Morgan fingerprint density at radius 2 is 1.60 bits per heavy atom. The fourth-order valence-electron chi connectivity index (χ4n) is 2.05. The van der Waals surface area contributed by atoms with E-state index in [0.717, 1.165) is 28.6 Å². The summed E-state index contributed by atoms with van der Waals surface area (Å²) in [5, 5.41) is 4.30. The van der Waals surface area contributed by atoms with Crippen molar-refractivity contribution in [2.24, 2.45) is 0 Å². The summed E-state index contributed by atoms with van der Waals surface area (Å²) in [7, 11) is 0. The molecule has 3 nitrogen and oxygen atoms in total. The van der Waals surface area contributed by atoms with Gasteiger partial charge in [0.2, 0.25) is 0 Å². The predicted molar refractivity (Wildman–Crippen MR) is 84.8 cm³/mol. The Hall–Kier alpha value is -2.55. The smallest absolute Gasteiger partial charge is 0.168 e. The van der Waals surface area contributed by atoms with Crippen LogP contribution < -0.4 is 5.32 Å². The molecular weight excluding hydrogens is 248 g/mol. The van der Waals surface area contributed by atoms with Crippen molar-refractivity contribution in [3.63, 3.8) is 0 Å². The van der Waals surface area contributed by atoms with Crippen LogP contribution in [0.2, 0.25) is 0 Å². The van der Waals surface area contributed by atoms with Gasteiger partial charge in [0.05, 0.1) is 5.69 Å². The molecule has 0 bridgehead atoms. The van der Waals surface area contributed by atoms with Gasteiger partial charge in [0, 0.05) is 16.6 Å². The lowest BCUT2D eigenvalue weighted by atomic mass is 10.2. The maximum atomic E-state index is 11.1. The summed E-state index contributed by atoms with van der Waals surface area (Å²) in [6.45, 7) is 4.00. The van der Waals surface area contributed by atoms with Gasteiger partial charge in [0.15, 0.2) is 6.29 Å². The zero-order valence-corrected chi connectivity index (χ0v) is 11.7. The van der Waals surface area contributed by atoms with Gasteiger partial charge >= 0.3 is 0 Å². The second-order valence-corrected chi connectivity index (χ2v) is 4.07. The van der Waals surface area contributed by atoms with Crippen LogP contribution >= 0.6 is 0 Å². The predicted octanol–water partition coefficient (Wildman–Crippen LogP) is 4.75. The first-order valence-electron chi connectivity index (χ1n) is 6.76. The first-order valence-corrected chi connectivity index (χ1v) is 6.76. The molecule has 102 valence electrons. The monoisotopic (exact) mass is 266 g/mol. The Morgan fingerprint density at radius 3 is 2.30 bits per heavy atom. The van der Waals surface area contributed by atoms with Crippen molar-refractivity contribution in [1.82, 2.24) is 4.98 Å². The number of rotatable bonds is 3. The Kier molecular flexibility index (Phi) is 4.56. The highest BCUT2D eigenvalue weighted by molar-refractivity contribution is 6.03. The summed E-state index contributed by atoms with van der Waals surface area (Å²) in [6, 6.07) is 17.7. The second kappa shape index (κ2) is 6.57. The van der Waals surface area contributed by atoms with E-state index >= 15 is 0 Å². The van der Waals surface area contributed by atoms with E-state index in [1.807, 2.05) is 68.4 Å². The molecule has 0 aliphatic carbocycles. The van der Waals surface area contributed by atoms with Crippen molar-refractivity contribution in [1.29, 1.82) is 0 Å². The van der Waals surface area contributed by atoms with E-state index in [0.29, 0.717) is 5.69 Å². The molecule has 0 fully saturated rings. The highest BCUT2D eigenvalue weighted by Crippen LogP contribution is 2.29. The standard InChI is InChI=1S/C15H12N2O.C2H6/c18-10-14-15(16-11-6-2-1-3-7-11)12-8-4-5-9-13(12)17-14;1-2/h1-10,16-17H;1-2H3. The second-order valence-electron chi connectivity index (χ2n) is 4.07. The minimum absolute atomic E-state index is 0.569. The van der Waals surface area contributed by atoms with Gasteiger partial charge in [-0.1, -0.05) is 50.2 Å². The van der Waals surface area contributed by atoms with Crippen LogP contribution in [0.3, 0.4) is 0 Å². The van der Waals surface area contributed by atoms with Crippen LogP contribution in [0.4, 0.5) is 11.4 Å². The summed E-state index contributed by atoms with van der Waals surface area (Å²) in [6.07, 6.45) is 0.839. The normalized spacial score (nSPS) is 9.70. The summed E-state index contributed by atoms with van der Waals surface area (Å²) in [4.78, 5) is 14.2. The maximum absolute atomic E-state index is 11.1. The number of aromatic amines is 1. The van der Waals surface area contributed by atoms with Gasteiger partial charge in [-0.15, -0.1) is 0 Å². The number of carbonyl (C=O) groups excluding carboxylic acids is 1. The van der Waals surface area contributed by atoms with E-state index in [-0.39, 0.29) is 0 Å². The number of aldehydes is 1. The van der Waals surface area contributed by atoms with Gasteiger partial charge in [-0.3, -0.25) is 4.79 Å². The number of benzene rings is 2. The molecule has 0 saturated heterocycles. The molecule has 3 heteroatoms. The van der Waals surface area contributed by atoms with Crippen molar-refractivity contribution in [2.75, 3.05) is 5.32 Å². The number of hydrogen-bond acceptors (Lipinski definition) is 2. The first-order chi connectivity index (χ1) is 9.88. The van der Waals surface area contributed by atoms with E-state index in [4.69, 9.17) is 0 Å². The summed E-state index contributed by atoms with van der Waals surface area (Å²) < 4.78 is 0. The molecule has 0 atom stereocenters. The number of aromatic nitrogens is 1. The number of hydrogen-bond donors (Lipinski definition) is 2. The third kappa shape index (κ3) is 2.72. The molecule has 3 aromatic rings. The van der Waals surface area contributed by atoms with Crippen LogP contribution in [-0.4, -0.2) is 11.3 Å². The van der Waals surface area contributed by atoms with Gasteiger partial charge < -0.3 is 10.3 Å². The third-order valence-corrected chi connectivity index (χ3v) is 2.90. The number of anilines is 2. The Morgan fingerprint density at radius 1 is 0.950 bits per heavy atom. The maximum Gasteiger partial charge on any atom is 0.168 e. The first kappa shape index (κ1) is 13.9. The highest BCUT2D eigenvalue weighted by Gasteiger charge is 2.10. The summed E-state index contributed by atoms with van der Waals surface area (Å²) in [5.74, 6) is 0. The van der Waals surface area contributed by atoms with Crippen LogP contribution in [0.1, 0.15) is 24.3 Å². The Bertz CT molecular complexity index is 687. The quantitative estimate of drug-likeness (QED) is 0.672. The molecule has 2 aromatic carbocycles. The van der Waals surface area contributed by atoms with Crippen LogP contribution in [0.25, 0.3) is 10.9 Å². The van der Waals surface area contributed by atoms with E-state index in [2.05, 4.69) is 10.3 Å². The minimum atomic E-state index is 0.569. The fourth-order valence-corrected chi connectivity index (χ4v) is 2.05. The SMILES string of the molecule is CC.O=Cc1[nH]c2ccccc2c1Nc1ccccc1. The molecule has 1 heterocycles. The Labute approximate surface area is 118 Å². The fraction of sp³-hybridized carbons (Fsp3) is 0.118. The zero-order valence-electron chi connectivity index (χ0n) is 11.7. The molecule has 2 N–H and O–H groups in total.